The average Bonchev–Trinajstić information content (AvgIpc) is 3.11. The summed E-state index contributed by atoms with van der Waals surface area (Å²) in [5.74, 6) is -0.189. The topological polar surface area (TPSA) is 57.7 Å². The minimum Gasteiger partial charge on any atom is -0.335 e. The highest BCUT2D eigenvalue weighted by molar-refractivity contribution is 7.92. The highest BCUT2D eigenvalue weighted by Crippen LogP contribution is 2.41. The van der Waals surface area contributed by atoms with E-state index in [1.807, 2.05) is 0 Å². The zero-order chi connectivity index (χ0) is 24.8. The van der Waals surface area contributed by atoms with Gasteiger partial charge in [0.1, 0.15) is 6.54 Å². The molecule has 0 aliphatic carbocycles. The Labute approximate surface area is 206 Å². The van der Waals surface area contributed by atoms with Gasteiger partial charge < -0.3 is 4.90 Å². The summed E-state index contributed by atoms with van der Waals surface area (Å²) in [4.78, 5) is 15.0. The summed E-state index contributed by atoms with van der Waals surface area (Å²) in [7, 11) is -4.44. The summed E-state index contributed by atoms with van der Waals surface area (Å²) in [5, 5.41) is 0.0749. The summed E-state index contributed by atoms with van der Waals surface area (Å²) >= 11 is 12.1. The van der Waals surface area contributed by atoms with Crippen molar-refractivity contribution >= 4 is 44.8 Å². The summed E-state index contributed by atoms with van der Waals surface area (Å²) < 4.78 is 68.2. The van der Waals surface area contributed by atoms with Crippen molar-refractivity contribution in [1.82, 2.24) is 4.90 Å². The molecule has 0 aromatic heterocycles. The Bertz CT molecular complexity index is 1190. The third-order valence-corrected chi connectivity index (χ3v) is 9.01. The number of anilines is 1. The Hall–Kier alpha value is -1.97. The van der Waals surface area contributed by atoms with Gasteiger partial charge in [0.2, 0.25) is 5.91 Å². The molecule has 2 aromatic carbocycles. The minimum atomic E-state index is -4.72. The number of fused-ring (bicyclic) bond motifs is 2. The van der Waals surface area contributed by atoms with Gasteiger partial charge in [0.05, 0.1) is 21.2 Å². The molecule has 5 nitrogen and oxygen atoms in total. The Morgan fingerprint density at radius 1 is 1.06 bits per heavy atom. The van der Waals surface area contributed by atoms with Crippen LogP contribution in [0.15, 0.2) is 47.4 Å². The molecule has 0 spiro atoms. The van der Waals surface area contributed by atoms with Crippen molar-refractivity contribution in [3.05, 3.63) is 58.1 Å². The van der Waals surface area contributed by atoms with Crippen molar-refractivity contribution < 1.29 is 26.4 Å². The maximum absolute atomic E-state index is 13.6. The SMILES string of the molecule is CC1CCC2CCC1N2C(=O)CN(c1cc(C(F)(F)F)ccc1Cl)S(=O)(=O)c1ccc(Cl)cc1. The molecule has 2 saturated heterocycles. The Morgan fingerprint density at radius 2 is 1.71 bits per heavy atom. The number of halogens is 5. The van der Waals surface area contributed by atoms with E-state index in [4.69, 9.17) is 23.2 Å². The smallest absolute Gasteiger partial charge is 0.335 e. The molecular formula is C23H23Cl2F3N2O3S. The molecule has 0 radical (unpaired) electrons. The lowest BCUT2D eigenvalue weighted by molar-refractivity contribution is -0.137. The van der Waals surface area contributed by atoms with Gasteiger partial charge in [0.15, 0.2) is 0 Å². The first-order chi connectivity index (χ1) is 15.9. The van der Waals surface area contributed by atoms with Crippen LogP contribution < -0.4 is 4.31 Å². The molecule has 3 atom stereocenters. The normalized spacial score (nSPS) is 22.6. The van der Waals surface area contributed by atoms with Crippen molar-refractivity contribution in [2.75, 3.05) is 10.8 Å². The number of hydrogen-bond acceptors (Lipinski definition) is 3. The molecule has 2 fully saturated rings. The number of rotatable bonds is 5. The summed E-state index contributed by atoms with van der Waals surface area (Å²) in [5.41, 5.74) is -1.47. The molecule has 0 N–H and O–H groups in total. The number of sulfonamides is 1. The molecule has 184 valence electrons. The second-order valence-corrected chi connectivity index (χ2v) is 11.5. The number of nitrogens with zero attached hydrogens (tertiary/aromatic N) is 2. The minimum absolute atomic E-state index is 0.00534. The number of benzene rings is 2. The van der Waals surface area contributed by atoms with E-state index < -0.39 is 39.9 Å². The monoisotopic (exact) mass is 534 g/mol. The van der Waals surface area contributed by atoms with Gasteiger partial charge in [-0.1, -0.05) is 30.1 Å². The van der Waals surface area contributed by atoms with Crippen LogP contribution in [0.25, 0.3) is 0 Å². The summed E-state index contributed by atoms with van der Waals surface area (Å²) in [6.07, 6.45) is -1.27. The molecule has 0 saturated carbocycles. The van der Waals surface area contributed by atoms with Crippen LogP contribution in [0.5, 0.6) is 0 Å². The Morgan fingerprint density at radius 3 is 2.35 bits per heavy atom. The largest absolute Gasteiger partial charge is 0.416 e. The van der Waals surface area contributed by atoms with Crippen molar-refractivity contribution in [2.45, 2.75) is 55.8 Å². The first-order valence-corrected chi connectivity index (χ1v) is 13.1. The zero-order valence-corrected chi connectivity index (χ0v) is 20.6. The first-order valence-electron chi connectivity index (χ1n) is 10.9. The van der Waals surface area contributed by atoms with E-state index in [0.717, 1.165) is 37.8 Å². The quantitative estimate of drug-likeness (QED) is 0.472. The predicted molar refractivity (Wildman–Crippen MR) is 124 cm³/mol. The molecule has 3 unspecified atom stereocenters. The molecule has 4 rings (SSSR count). The molecular weight excluding hydrogens is 512 g/mol. The van der Waals surface area contributed by atoms with E-state index in [1.165, 1.54) is 24.3 Å². The molecule has 34 heavy (non-hydrogen) atoms. The standard InChI is InChI=1S/C23H23Cl2F3N2O3S/c1-14-2-6-17-7-11-20(14)30(17)22(31)13-29(34(32,33)18-8-4-16(24)5-9-18)21-12-15(23(26,27)28)3-10-19(21)25/h3-5,8-10,12,14,17,20H,2,6-7,11,13H2,1H3. The van der Waals surface area contributed by atoms with Crippen molar-refractivity contribution in [1.29, 1.82) is 0 Å². The number of carbonyl (C=O) groups excluding carboxylic acids is 1. The van der Waals surface area contributed by atoms with Gasteiger partial charge in [-0.05, 0) is 74.1 Å². The van der Waals surface area contributed by atoms with Crippen molar-refractivity contribution in [3.8, 4) is 0 Å². The second-order valence-electron chi connectivity index (χ2n) is 8.78. The van der Waals surface area contributed by atoms with Crippen LogP contribution in [0.3, 0.4) is 0 Å². The number of carbonyl (C=O) groups is 1. The van der Waals surface area contributed by atoms with Crippen LogP contribution in [0.2, 0.25) is 10.0 Å². The highest BCUT2D eigenvalue weighted by atomic mass is 35.5. The number of piperidine rings is 1. The van der Waals surface area contributed by atoms with E-state index in [1.54, 1.807) is 4.90 Å². The van der Waals surface area contributed by atoms with Gasteiger partial charge in [-0.25, -0.2) is 8.42 Å². The summed E-state index contributed by atoms with van der Waals surface area (Å²) in [6, 6.07) is 7.61. The van der Waals surface area contributed by atoms with E-state index in [-0.39, 0.29) is 32.9 Å². The summed E-state index contributed by atoms with van der Waals surface area (Å²) in [6.45, 7) is 1.39. The third-order valence-electron chi connectivity index (χ3n) is 6.67. The maximum atomic E-state index is 13.6. The lowest BCUT2D eigenvalue weighted by atomic mass is 9.92. The van der Waals surface area contributed by atoms with E-state index in [9.17, 15) is 26.4 Å². The predicted octanol–water partition coefficient (Wildman–Crippen LogP) is 6.00. The van der Waals surface area contributed by atoms with Crippen molar-refractivity contribution in [3.63, 3.8) is 0 Å². The molecule has 2 aliphatic heterocycles. The number of alkyl halides is 3. The van der Waals surface area contributed by atoms with Gasteiger partial charge in [-0.3, -0.25) is 9.10 Å². The van der Waals surface area contributed by atoms with Crippen LogP contribution in [0, 0.1) is 5.92 Å². The first kappa shape index (κ1) is 25.1. The highest BCUT2D eigenvalue weighted by Gasteiger charge is 2.44. The van der Waals surface area contributed by atoms with Gasteiger partial charge in [-0.2, -0.15) is 13.2 Å². The molecule has 2 bridgehead atoms. The second kappa shape index (κ2) is 9.24. The number of amides is 1. The van der Waals surface area contributed by atoms with Gasteiger partial charge in [0.25, 0.3) is 10.0 Å². The lowest BCUT2D eigenvalue weighted by Crippen LogP contribution is -2.51. The van der Waals surface area contributed by atoms with Crippen LogP contribution in [-0.4, -0.2) is 37.9 Å². The van der Waals surface area contributed by atoms with Gasteiger partial charge in [-0.15, -0.1) is 0 Å². The van der Waals surface area contributed by atoms with Crippen LogP contribution in [0.1, 0.15) is 38.2 Å². The molecule has 2 aromatic rings. The fraction of sp³-hybridized carbons (Fsp3) is 0.435. The lowest BCUT2D eigenvalue weighted by Gasteiger charge is -2.40. The van der Waals surface area contributed by atoms with Crippen LogP contribution in [-0.2, 0) is 21.0 Å². The fourth-order valence-electron chi connectivity index (χ4n) is 4.91. The fourth-order valence-corrected chi connectivity index (χ4v) is 6.73. The van der Waals surface area contributed by atoms with E-state index in [0.29, 0.717) is 10.4 Å². The number of hydrogen-bond donors (Lipinski definition) is 0. The molecule has 11 heteroatoms. The zero-order valence-electron chi connectivity index (χ0n) is 18.2. The van der Waals surface area contributed by atoms with Crippen molar-refractivity contribution in [2.24, 2.45) is 5.92 Å². The van der Waals surface area contributed by atoms with Gasteiger partial charge in [0, 0.05) is 17.1 Å². The average molecular weight is 535 g/mol. The van der Waals surface area contributed by atoms with E-state index in [2.05, 4.69) is 6.92 Å². The van der Waals surface area contributed by atoms with E-state index >= 15 is 0 Å². The maximum Gasteiger partial charge on any atom is 0.416 e. The molecule has 2 aliphatic rings. The Kier molecular flexibility index (Phi) is 6.83. The molecule has 1 amide bonds. The van der Waals surface area contributed by atoms with Gasteiger partial charge >= 0.3 is 6.18 Å². The molecule has 2 heterocycles. The van der Waals surface area contributed by atoms with Crippen LogP contribution >= 0.6 is 23.2 Å². The third kappa shape index (κ3) is 4.75. The Balaban J connectivity index is 1.78. The van der Waals surface area contributed by atoms with Crippen LogP contribution in [0.4, 0.5) is 18.9 Å².